The molecule has 0 aromatic rings. The maximum atomic E-state index is 11.7. The van der Waals surface area contributed by atoms with E-state index in [1.165, 1.54) is 12.8 Å². The summed E-state index contributed by atoms with van der Waals surface area (Å²) in [6, 6.07) is 0. The van der Waals surface area contributed by atoms with Gasteiger partial charge in [-0.05, 0) is 50.4 Å². The van der Waals surface area contributed by atoms with Crippen molar-refractivity contribution < 1.29 is 9.59 Å². The predicted molar refractivity (Wildman–Crippen MR) is 86.4 cm³/mol. The molecule has 2 amide bonds. The number of carbonyl (C=O) groups is 2. The van der Waals surface area contributed by atoms with Crippen LogP contribution in [0.1, 0.15) is 65.2 Å². The number of hydrogen-bond donors (Lipinski definition) is 2. The molecule has 6 heteroatoms. The summed E-state index contributed by atoms with van der Waals surface area (Å²) < 4.78 is 0. The minimum absolute atomic E-state index is 0.375. The Morgan fingerprint density at radius 2 is 1.23 bits per heavy atom. The summed E-state index contributed by atoms with van der Waals surface area (Å²) in [7, 11) is 0. The maximum absolute atomic E-state index is 11.7. The molecule has 2 N–H and O–H groups in total. The van der Waals surface area contributed by atoms with Gasteiger partial charge in [0.25, 0.3) is 0 Å². The first kappa shape index (κ1) is 16.6. The van der Waals surface area contributed by atoms with Crippen molar-refractivity contribution in [3.8, 4) is 0 Å². The third-order valence-corrected chi connectivity index (χ3v) is 4.59. The van der Waals surface area contributed by atoms with Crippen LogP contribution in [-0.4, -0.2) is 23.2 Å². The summed E-state index contributed by atoms with van der Waals surface area (Å²) in [5.74, 6) is -0.753. The van der Waals surface area contributed by atoms with Gasteiger partial charge in [-0.1, -0.05) is 26.7 Å². The van der Waals surface area contributed by atoms with Gasteiger partial charge in [0, 0.05) is 11.4 Å². The third kappa shape index (κ3) is 4.64. The van der Waals surface area contributed by atoms with Gasteiger partial charge in [0.2, 0.25) is 0 Å². The molecule has 122 valence electrons. The molecule has 2 aliphatic rings. The van der Waals surface area contributed by atoms with Crippen molar-refractivity contribution in [2.75, 3.05) is 0 Å². The number of carbonyl (C=O) groups excluding carboxylic acids is 2. The van der Waals surface area contributed by atoms with Crippen LogP contribution in [0.5, 0.6) is 0 Å². The Kier molecular flexibility index (Phi) is 6.10. The molecule has 0 saturated heterocycles. The summed E-state index contributed by atoms with van der Waals surface area (Å²) in [5.41, 5.74) is 6.64. The van der Waals surface area contributed by atoms with Gasteiger partial charge >= 0.3 is 11.8 Å². The molecule has 0 aromatic carbocycles. The molecule has 2 fully saturated rings. The highest BCUT2D eigenvalue weighted by Gasteiger charge is 2.19. The Labute approximate surface area is 131 Å². The molecule has 6 nitrogen and oxygen atoms in total. The molecule has 0 aromatic heterocycles. The quantitative estimate of drug-likeness (QED) is 0.606. The smallest absolute Gasteiger partial charge is 0.262 e. The lowest BCUT2D eigenvalue weighted by atomic mass is 9.89. The van der Waals surface area contributed by atoms with Gasteiger partial charge in [-0.15, -0.1) is 0 Å². The molecule has 2 saturated carbocycles. The fourth-order valence-corrected chi connectivity index (χ4v) is 3.02. The van der Waals surface area contributed by atoms with Crippen molar-refractivity contribution in [2.24, 2.45) is 22.0 Å². The fourth-order valence-electron chi connectivity index (χ4n) is 3.02. The second kappa shape index (κ2) is 8.06. The Morgan fingerprint density at radius 1 is 0.818 bits per heavy atom. The van der Waals surface area contributed by atoms with E-state index in [4.69, 9.17) is 0 Å². The average molecular weight is 306 g/mol. The lowest BCUT2D eigenvalue weighted by Gasteiger charge is -2.20. The molecule has 2 atom stereocenters. The Bertz CT molecular complexity index is 441. The van der Waals surface area contributed by atoms with Crippen LogP contribution in [0, 0.1) is 11.8 Å². The monoisotopic (exact) mass is 306 g/mol. The van der Waals surface area contributed by atoms with Crippen LogP contribution >= 0.6 is 0 Å². The zero-order valence-corrected chi connectivity index (χ0v) is 13.5. The lowest BCUT2D eigenvalue weighted by molar-refractivity contribution is -0.139. The number of hydrazone groups is 2. The number of hydrogen-bond acceptors (Lipinski definition) is 4. The normalized spacial score (nSPS) is 29.4. The number of nitrogens with zero attached hydrogens (tertiary/aromatic N) is 2. The van der Waals surface area contributed by atoms with E-state index >= 15 is 0 Å². The Balaban J connectivity index is 1.83. The number of amides is 2. The molecule has 0 unspecified atom stereocenters. The van der Waals surface area contributed by atoms with Crippen LogP contribution in [-0.2, 0) is 9.59 Å². The van der Waals surface area contributed by atoms with E-state index in [9.17, 15) is 9.59 Å². The van der Waals surface area contributed by atoms with Crippen molar-refractivity contribution in [1.82, 2.24) is 10.9 Å². The van der Waals surface area contributed by atoms with Crippen molar-refractivity contribution in [1.29, 1.82) is 0 Å². The minimum Gasteiger partial charge on any atom is -0.262 e. The molecular formula is C16H26N4O2. The summed E-state index contributed by atoms with van der Waals surface area (Å²) in [4.78, 5) is 23.5. The summed E-state index contributed by atoms with van der Waals surface area (Å²) in [6.45, 7) is 4.20. The van der Waals surface area contributed by atoms with Crippen LogP contribution in [0.15, 0.2) is 10.2 Å². The summed E-state index contributed by atoms with van der Waals surface area (Å²) in [6.07, 6.45) is 8.55. The highest BCUT2D eigenvalue weighted by molar-refractivity contribution is 6.35. The molecular weight excluding hydrogens is 280 g/mol. The van der Waals surface area contributed by atoms with E-state index in [1.807, 2.05) is 0 Å². The molecule has 0 heterocycles. The average Bonchev–Trinajstić information content (AvgIpc) is 2.52. The van der Waals surface area contributed by atoms with Gasteiger partial charge in [0.1, 0.15) is 0 Å². The van der Waals surface area contributed by atoms with Crippen molar-refractivity contribution in [3.05, 3.63) is 0 Å². The van der Waals surface area contributed by atoms with Crippen molar-refractivity contribution in [3.63, 3.8) is 0 Å². The minimum atomic E-state index is -0.752. The molecule has 0 bridgehead atoms. The second-order valence-corrected chi connectivity index (χ2v) is 6.38. The van der Waals surface area contributed by atoms with Gasteiger partial charge in [-0.25, -0.2) is 10.9 Å². The van der Waals surface area contributed by atoms with Crippen LogP contribution in [0.3, 0.4) is 0 Å². The summed E-state index contributed by atoms with van der Waals surface area (Å²) in [5, 5.41) is 8.21. The number of rotatable bonds is 2. The van der Waals surface area contributed by atoms with Gasteiger partial charge in [0.15, 0.2) is 0 Å². The van der Waals surface area contributed by atoms with Gasteiger partial charge in [0.05, 0.1) is 0 Å². The highest BCUT2D eigenvalue weighted by Crippen LogP contribution is 2.21. The van der Waals surface area contributed by atoms with Gasteiger partial charge in [-0.2, -0.15) is 10.2 Å². The maximum Gasteiger partial charge on any atom is 0.331 e. The second-order valence-electron chi connectivity index (χ2n) is 6.38. The Morgan fingerprint density at radius 3 is 1.59 bits per heavy atom. The van der Waals surface area contributed by atoms with Gasteiger partial charge in [-0.3, -0.25) is 9.59 Å². The van der Waals surface area contributed by atoms with Crippen molar-refractivity contribution in [2.45, 2.75) is 65.2 Å². The van der Waals surface area contributed by atoms with E-state index < -0.39 is 11.8 Å². The van der Waals surface area contributed by atoms with E-state index in [0.29, 0.717) is 11.8 Å². The van der Waals surface area contributed by atoms with E-state index in [0.717, 1.165) is 49.9 Å². The van der Waals surface area contributed by atoms with Crippen LogP contribution < -0.4 is 10.9 Å². The first-order valence-corrected chi connectivity index (χ1v) is 8.31. The largest absolute Gasteiger partial charge is 0.331 e. The van der Waals surface area contributed by atoms with E-state index in [1.54, 1.807) is 0 Å². The van der Waals surface area contributed by atoms with Crippen LogP contribution in [0.2, 0.25) is 0 Å². The zero-order chi connectivity index (χ0) is 15.9. The molecule has 22 heavy (non-hydrogen) atoms. The highest BCUT2D eigenvalue weighted by atomic mass is 16.2. The zero-order valence-electron chi connectivity index (χ0n) is 13.5. The van der Waals surface area contributed by atoms with Gasteiger partial charge < -0.3 is 0 Å². The number of nitrogens with one attached hydrogen (secondary N) is 2. The molecule has 0 spiro atoms. The Hall–Kier alpha value is -1.72. The predicted octanol–water partition coefficient (Wildman–Crippen LogP) is 2.35. The first-order valence-electron chi connectivity index (χ1n) is 8.31. The molecule has 0 radical (unpaired) electrons. The third-order valence-electron chi connectivity index (χ3n) is 4.59. The topological polar surface area (TPSA) is 82.9 Å². The SMILES string of the molecule is C[C@H]1CCCCC1=NNC(=O)C(=O)N/N=C1/CCCC[C@@H]1C. The van der Waals surface area contributed by atoms with E-state index in [2.05, 4.69) is 34.9 Å². The lowest BCUT2D eigenvalue weighted by Crippen LogP contribution is -2.37. The summed E-state index contributed by atoms with van der Waals surface area (Å²) >= 11 is 0. The van der Waals surface area contributed by atoms with Crippen molar-refractivity contribution >= 4 is 23.2 Å². The molecule has 2 aliphatic carbocycles. The standard InChI is InChI=1S/C16H26N4O2/c1-11-7-3-5-9-13(11)17-19-15(21)16(22)20-18-14-10-6-4-8-12(14)2/h11-12H,3-10H2,1-2H3,(H,19,21)(H,20,22)/b17-13-,18-14?/t11-,12-/m0/s1. The van der Waals surface area contributed by atoms with Crippen LogP contribution in [0.25, 0.3) is 0 Å². The molecule has 2 rings (SSSR count). The fraction of sp³-hybridized carbons (Fsp3) is 0.750. The van der Waals surface area contributed by atoms with Crippen LogP contribution in [0.4, 0.5) is 0 Å². The first-order chi connectivity index (χ1) is 10.6. The molecule has 0 aliphatic heterocycles. The van der Waals surface area contributed by atoms with E-state index in [-0.39, 0.29) is 0 Å².